The normalized spacial score (nSPS) is 23.2. The van der Waals surface area contributed by atoms with Crippen molar-refractivity contribution in [2.24, 2.45) is 11.7 Å². The van der Waals surface area contributed by atoms with Gasteiger partial charge in [-0.25, -0.2) is 0 Å². The van der Waals surface area contributed by atoms with Gasteiger partial charge in [-0.1, -0.05) is 12.8 Å². The number of hydrogen-bond donors (Lipinski definition) is 1. The highest BCUT2D eigenvalue weighted by molar-refractivity contribution is 7.99. The van der Waals surface area contributed by atoms with Crippen LogP contribution in [0.25, 0.3) is 0 Å². The molecule has 20 heavy (non-hydrogen) atoms. The maximum Gasteiger partial charge on any atom is 0.0640 e. The van der Waals surface area contributed by atoms with Crippen molar-refractivity contribution < 1.29 is 0 Å². The summed E-state index contributed by atoms with van der Waals surface area (Å²) in [6.07, 6.45) is 12.3. The average molecular weight is 293 g/mol. The van der Waals surface area contributed by atoms with Crippen LogP contribution in [0.2, 0.25) is 0 Å². The second-order valence-corrected chi connectivity index (χ2v) is 7.71. The van der Waals surface area contributed by atoms with Crippen LogP contribution in [-0.4, -0.2) is 27.3 Å². The lowest BCUT2D eigenvalue weighted by molar-refractivity contribution is 0.401. The Labute approximate surface area is 126 Å². The summed E-state index contributed by atoms with van der Waals surface area (Å²) in [7, 11) is 0. The molecule has 1 unspecified atom stereocenters. The molecule has 2 aliphatic rings. The van der Waals surface area contributed by atoms with Crippen molar-refractivity contribution in [1.29, 1.82) is 0 Å². The predicted molar refractivity (Wildman–Crippen MR) is 86.1 cm³/mol. The SMILES string of the molecule is NC(Cc1ccn(C2CCCC2)n1)CC1CCSCC1. The maximum absolute atomic E-state index is 6.34. The molecule has 2 N–H and O–H groups in total. The number of nitrogens with zero attached hydrogens (tertiary/aromatic N) is 2. The third-order valence-corrected chi connectivity index (χ3v) is 5.86. The molecule has 1 saturated carbocycles. The van der Waals surface area contributed by atoms with Crippen LogP contribution in [0.1, 0.15) is 56.7 Å². The summed E-state index contributed by atoms with van der Waals surface area (Å²) in [5.74, 6) is 3.50. The van der Waals surface area contributed by atoms with E-state index >= 15 is 0 Å². The zero-order valence-electron chi connectivity index (χ0n) is 12.3. The van der Waals surface area contributed by atoms with E-state index in [9.17, 15) is 0 Å². The zero-order valence-corrected chi connectivity index (χ0v) is 13.2. The van der Waals surface area contributed by atoms with Crippen molar-refractivity contribution in [3.63, 3.8) is 0 Å². The van der Waals surface area contributed by atoms with Gasteiger partial charge in [0.15, 0.2) is 0 Å². The standard InChI is InChI=1S/C16H27N3S/c17-14(11-13-6-9-20-10-7-13)12-15-5-8-19(18-15)16-3-1-2-4-16/h5,8,13-14,16H,1-4,6-7,9-12,17H2. The third-order valence-electron chi connectivity index (χ3n) is 4.81. The van der Waals surface area contributed by atoms with Gasteiger partial charge >= 0.3 is 0 Å². The molecule has 1 aromatic rings. The molecule has 0 aromatic carbocycles. The van der Waals surface area contributed by atoms with Crippen LogP contribution in [0.15, 0.2) is 12.3 Å². The van der Waals surface area contributed by atoms with Crippen molar-refractivity contribution >= 4 is 11.8 Å². The highest BCUT2D eigenvalue weighted by Crippen LogP contribution is 2.29. The minimum absolute atomic E-state index is 0.287. The van der Waals surface area contributed by atoms with E-state index in [0.29, 0.717) is 6.04 Å². The van der Waals surface area contributed by atoms with Crippen molar-refractivity contribution in [2.75, 3.05) is 11.5 Å². The van der Waals surface area contributed by atoms with Gasteiger partial charge in [-0.15, -0.1) is 0 Å². The third kappa shape index (κ3) is 3.79. The number of hydrogen-bond acceptors (Lipinski definition) is 3. The first-order valence-electron chi connectivity index (χ1n) is 8.18. The van der Waals surface area contributed by atoms with E-state index in [2.05, 4.69) is 28.7 Å². The fourth-order valence-corrected chi connectivity index (χ4v) is 4.82. The highest BCUT2D eigenvalue weighted by Gasteiger charge is 2.20. The second kappa shape index (κ2) is 6.99. The van der Waals surface area contributed by atoms with Gasteiger partial charge in [-0.2, -0.15) is 16.9 Å². The fourth-order valence-electron chi connectivity index (χ4n) is 3.62. The molecule has 0 bridgehead atoms. The van der Waals surface area contributed by atoms with Crippen LogP contribution >= 0.6 is 11.8 Å². The van der Waals surface area contributed by atoms with Crippen LogP contribution in [0, 0.1) is 5.92 Å². The Bertz CT molecular complexity index is 406. The molecule has 4 heteroatoms. The molecule has 1 aromatic heterocycles. The fraction of sp³-hybridized carbons (Fsp3) is 0.812. The Morgan fingerprint density at radius 3 is 2.75 bits per heavy atom. The zero-order chi connectivity index (χ0) is 13.8. The first-order valence-corrected chi connectivity index (χ1v) is 9.34. The summed E-state index contributed by atoms with van der Waals surface area (Å²) in [5, 5.41) is 4.76. The second-order valence-electron chi connectivity index (χ2n) is 6.48. The lowest BCUT2D eigenvalue weighted by atomic mass is 9.93. The summed E-state index contributed by atoms with van der Waals surface area (Å²) < 4.78 is 2.19. The molecule has 0 spiro atoms. The maximum atomic E-state index is 6.34. The predicted octanol–water partition coefficient (Wildman–Crippen LogP) is 3.40. The van der Waals surface area contributed by atoms with E-state index in [-0.39, 0.29) is 6.04 Å². The lowest BCUT2D eigenvalue weighted by Gasteiger charge is -2.24. The molecule has 3 nitrogen and oxygen atoms in total. The summed E-state index contributed by atoms with van der Waals surface area (Å²) in [4.78, 5) is 0. The Morgan fingerprint density at radius 2 is 2.00 bits per heavy atom. The van der Waals surface area contributed by atoms with Crippen LogP contribution in [0.4, 0.5) is 0 Å². The first-order chi connectivity index (χ1) is 9.81. The van der Waals surface area contributed by atoms with Crippen LogP contribution < -0.4 is 5.73 Å². The number of rotatable bonds is 5. The molecular weight excluding hydrogens is 266 g/mol. The molecule has 112 valence electrons. The van der Waals surface area contributed by atoms with E-state index in [0.717, 1.165) is 12.3 Å². The molecule has 3 rings (SSSR count). The monoisotopic (exact) mass is 293 g/mol. The van der Waals surface area contributed by atoms with Crippen molar-refractivity contribution in [2.45, 2.75) is 63.5 Å². The largest absolute Gasteiger partial charge is 0.327 e. The molecule has 2 heterocycles. The Balaban J connectivity index is 1.49. The topological polar surface area (TPSA) is 43.8 Å². The van der Waals surface area contributed by atoms with Crippen LogP contribution in [-0.2, 0) is 6.42 Å². The highest BCUT2D eigenvalue weighted by atomic mass is 32.2. The van der Waals surface area contributed by atoms with Crippen LogP contribution in [0.3, 0.4) is 0 Å². The smallest absolute Gasteiger partial charge is 0.0640 e. The minimum atomic E-state index is 0.287. The summed E-state index contributed by atoms with van der Waals surface area (Å²) in [6.45, 7) is 0. The summed E-state index contributed by atoms with van der Waals surface area (Å²) in [6, 6.07) is 3.11. The molecule has 0 radical (unpaired) electrons. The lowest BCUT2D eigenvalue weighted by Crippen LogP contribution is -2.28. The molecule has 2 fully saturated rings. The van der Waals surface area contributed by atoms with E-state index in [1.54, 1.807) is 0 Å². The Hall–Kier alpha value is -0.480. The Morgan fingerprint density at radius 1 is 1.25 bits per heavy atom. The van der Waals surface area contributed by atoms with Gasteiger partial charge in [0.1, 0.15) is 0 Å². The number of nitrogens with two attached hydrogens (primary N) is 1. The van der Waals surface area contributed by atoms with E-state index < -0.39 is 0 Å². The molecule has 1 aliphatic heterocycles. The van der Waals surface area contributed by atoms with E-state index in [1.165, 1.54) is 62.1 Å². The molecular formula is C16H27N3S. The van der Waals surface area contributed by atoms with Crippen molar-refractivity contribution in [3.8, 4) is 0 Å². The van der Waals surface area contributed by atoms with Gasteiger partial charge < -0.3 is 5.73 Å². The number of thioether (sulfide) groups is 1. The van der Waals surface area contributed by atoms with Gasteiger partial charge in [0.05, 0.1) is 11.7 Å². The number of aromatic nitrogens is 2. The van der Waals surface area contributed by atoms with Gasteiger partial charge in [0.2, 0.25) is 0 Å². The van der Waals surface area contributed by atoms with Gasteiger partial charge in [0, 0.05) is 18.7 Å². The first kappa shape index (κ1) is 14.5. The van der Waals surface area contributed by atoms with Gasteiger partial charge in [-0.05, 0) is 55.6 Å². The quantitative estimate of drug-likeness (QED) is 0.905. The Kier molecular flexibility index (Phi) is 5.05. The van der Waals surface area contributed by atoms with Gasteiger partial charge in [-0.3, -0.25) is 4.68 Å². The molecule has 0 amide bonds. The molecule has 1 saturated heterocycles. The minimum Gasteiger partial charge on any atom is -0.327 e. The van der Waals surface area contributed by atoms with Crippen molar-refractivity contribution in [1.82, 2.24) is 9.78 Å². The van der Waals surface area contributed by atoms with Crippen molar-refractivity contribution in [3.05, 3.63) is 18.0 Å². The molecule has 1 aliphatic carbocycles. The molecule has 1 atom stereocenters. The van der Waals surface area contributed by atoms with Gasteiger partial charge in [0.25, 0.3) is 0 Å². The summed E-state index contributed by atoms with van der Waals surface area (Å²) >= 11 is 2.09. The average Bonchev–Trinajstić information content (AvgIpc) is 3.10. The van der Waals surface area contributed by atoms with Crippen LogP contribution in [0.5, 0.6) is 0 Å². The van der Waals surface area contributed by atoms with E-state index in [4.69, 9.17) is 10.8 Å². The summed E-state index contributed by atoms with van der Waals surface area (Å²) in [5.41, 5.74) is 7.53. The van der Waals surface area contributed by atoms with E-state index in [1.807, 2.05) is 0 Å².